The van der Waals surface area contributed by atoms with Gasteiger partial charge in [0.25, 0.3) is 5.56 Å². The zero-order chi connectivity index (χ0) is 19.1. The highest BCUT2D eigenvalue weighted by molar-refractivity contribution is 7.98. The average Bonchev–Trinajstić information content (AvgIpc) is 3.21. The molecule has 0 spiro atoms. The van der Waals surface area contributed by atoms with E-state index in [0.717, 1.165) is 19.4 Å². The van der Waals surface area contributed by atoms with Crippen molar-refractivity contribution in [2.75, 3.05) is 12.9 Å². The van der Waals surface area contributed by atoms with E-state index < -0.39 is 5.56 Å². The van der Waals surface area contributed by atoms with Crippen molar-refractivity contribution in [3.05, 3.63) is 58.9 Å². The van der Waals surface area contributed by atoms with Gasteiger partial charge in [-0.05, 0) is 31.2 Å². The Hall–Kier alpha value is -3.05. The van der Waals surface area contributed by atoms with Crippen LogP contribution in [-0.4, -0.2) is 32.4 Å². The molecule has 0 amide bonds. The second-order valence-corrected chi connectivity index (χ2v) is 6.56. The summed E-state index contributed by atoms with van der Waals surface area (Å²) in [6.45, 7) is 1.42. The SMILES string of the molecule is CSc1nc(-c2ccccc2OCCCCn2ccnc2)c(C#N)c(=O)[nH]1. The highest BCUT2D eigenvalue weighted by Gasteiger charge is 2.16. The number of ether oxygens (including phenoxy) is 1. The highest BCUT2D eigenvalue weighted by Crippen LogP contribution is 2.30. The number of nitrogens with one attached hydrogen (secondary N) is 1. The molecule has 0 aliphatic rings. The van der Waals surface area contributed by atoms with Crippen LogP contribution in [0.25, 0.3) is 11.3 Å². The van der Waals surface area contributed by atoms with Gasteiger partial charge in [0.2, 0.25) is 0 Å². The van der Waals surface area contributed by atoms with Crippen molar-refractivity contribution >= 4 is 11.8 Å². The Morgan fingerprint density at radius 1 is 1.33 bits per heavy atom. The predicted octanol–water partition coefficient (Wildman–Crippen LogP) is 3.09. The zero-order valence-corrected chi connectivity index (χ0v) is 15.7. The average molecular weight is 381 g/mol. The topological polar surface area (TPSA) is 96.6 Å². The molecule has 3 aromatic rings. The first-order chi connectivity index (χ1) is 13.2. The van der Waals surface area contributed by atoms with E-state index in [1.54, 1.807) is 12.5 Å². The molecule has 0 aliphatic carbocycles. The van der Waals surface area contributed by atoms with Gasteiger partial charge in [0.1, 0.15) is 23.1 Å². The smallest absolute Gasteiger partial charge is 0.270 e. The van der Waals surface area contributed by atoms with Crippen LogP contribution in [0.5, 0.6) is 5.75 Å². The monoisotopic (exact) mass is 381 g/mol. The van der Waals surface area contributed by atoms with Crippen molar-refractivity contribution < 1.29 is 4.74 Å². The Kier molecular flexibility index (Phi) is 6.28. The van der Waals surface area contributed by atoms with Gasteiger partial charge in [0, 0.05) is 24.5 Å². The summed E-state index contributed by atoms with van der Waals surface area (Å²) in [5, 5.41) is 9.85. The molecule has 3 rings (SSSR count). The van der Waals surface area contributed by atoms with Crippen molar-refractivity contribution in [1.82, 2.24) is 19.5 Å². The Labute approximate surface area is 161 Å². The maximum atomic E-state index is 12.2. The van der Waals surface area contributed by atoms with E-state index in [4.69, 9.17) is 4.74 Å². The first-order valence-corrected chi connectivity index (χ1v) is 9.71. The van der Waals surface area contributed by atoms with Crippen molar-refractivity contribution in [2.24, 2.45) is 0 Å². The first-order valence-electron chi connectivity index (χ1n) is 8.49. The molecule has 2 aromatic heterocycles. The first kappa shape index (κ1) is 18.7. The van der Waals surface area contributed by atoms with Crippen LogP contribution in [0, 0.1) is 11.3 Å². The molecule has 1 N–H and O–H groups in total. The van der Waals surface area contributed by atoms with Gasteiger partial charge in [-0.25, -0.2) is 9.97 Å². The van der Waals surface area contributed by atoms with Gasteiger partial charge < -0.3 is 14.3 Å². The van der Waals surface area contributed by atoms with Crippen molar-refractivity contribution in [3.8, 4) is 23.1 Å². The van der Waals surface area contributed by atoms with Crippen LogP contribution in [0.15, 0.2) is 52.9 Å². The van der Waals surface area contributed by atoms with Crippen LogP contribution in [0.3, 0.4) is 0 Å². The number of rotatable bonds is 8. The number of aryl methyl sites for hydroxylation is 1. The molecule has 0 fully saturated rings. The third-order valence-corrected chi connectivity index (χ3v) is 4.55. The number of hydrogen-bond donors (Lipinski definition) is 1. The number of nitrogens with zero attached hydrogens (tertiary/aromatic N) is 4. The third-order valence-electron chi connectivity index (χ3n) is 3.97. The molecule has 7 nitrogen and oxygen atoms in total. The minimum absolute atomic E-state index is 0.0102. The molecule has 0 aliphatic heterocycles. The Balaban J connectivity index is 1.75. The van der Waals surface area contributed by atoms with Crippen LogP contribution in [-0.2, 0) is 6.54 Å². The van der Waals surface area contributed by atoms with Crippen molar-refractivity contribution in [1.29, 1.82) is 5.26 Å². The summed E-state index contributed by atoms with van der Waals surface area (Å²) in [6.07, 6.45) is 9.13. The van der Waals surface area contributed by atoms with Crippen LogP contribution in [0.4, 0.5) is 0 Å². The number of benzene rings is 1. The van der Waals surface area contributed by atoms with E-state index in [9.17, 15) is 10.1 Å². The Bertz CT molecular complexity index is 992. The van der Waals surface area contributed by atoms with Crippen LogP contribution >= 0.6 is 11.8 Å². The molecule has 0 saturated heterocycles. The highest BCUT2D eigenvalue weighted by atomic mass is 32.2. The lowest BCUT2D eigenvalue weighted by atomic mass is 10.1. The summed E-state index contributed by atoms with van der Waals surface area (Å²) in [5.74, 6) is 0.613. The quantitative estimate of drug-likeness (QED) is 0.366. The zero-order valence-electron chi connectivity index (χ0n) is 14.9. The molecule has 0 atom stereocenters. The van der Waals surface area contributed by atoms with Crippen LogP contribution in [0.1, 0.15) is 18.4 Å². The van der Waals surface area contributed by atoms with E-state index in [-0.39, 0.29) is 5.56 Å². The number of aromatic amines is 1. The predicted molar refractivity (Wildman–Crippen MR) is 104 cm³/mol. The molecular formula is C19H19N5O2S. The number of unbranched alkanes of at least 4 members (excludes halogenated alkanes) is 1. The summed E-state index contributed by atoms with van der Waals surface area (Å²) in [7, 11) is 0. The lowest BCUT2D eigenvalue weighted by molar-refractivity contribution is 0.304. The maximum Gasteiger partial charge on any atom is 0.270 e. The summed E-state index contributed by atoms with van der Waals surface area (Å²) >= 11 is 1.32. The molecular weight excluding hydrogens is 362 g/mol. The molecule has 0 saturated carbocycles. The number of hydrogen-bond acceptors (Lipinski definition) is 6. The summed E-state index contributed by atoms with van der Waals surface area (Å²) in [6, 6.07) is 9.29. The number of nitriles is 1. The van der Waals surface area contributed by atoms with E-state index in [2.05, 4.69) is 15.0 Å². The Morgan fingerprint density at radius 3 is 2.93 bits per heavy atom. The Morgan fingerprint density at radius 2 is 2.19 bits per heavy atom. The van der Waals surface area contributed by atoms with Gasteiger partial charge in [0.05, 0.1) is 12.9 Å². The molecule has 0 radical (unpaired) electrons. The number of para-hydroxylation sites is 1. The normalized spacial score (nSPS) is 10.5. The van der Waals surface area contributed by atoms with Gasteiger partial charge in [-0.3, -0.25) is 4.79 Å². The van der Waals surface area contributed by atoms with Gasteiger partial charge in [-0.2, -0.15) is 5.26 Å². The van der Waals surface area contributed by atoms with Gasteiger partial charge >= 0.3 is 0 Å². The molecule has 0 unspecified atom stereocenters. The minimum Gasteiger partial charge on any atom is -0.493 e. The second kappa shape index (κ2) is 9.05. The number of H-pyrrole nitrogens is 1. The molecule has 1 aromatic carbocycles. The van der Waals surface area contributed by atoms with Gasteiger partial charge in [-0.1, -0.05) is 23.9 Å². The van der Waals surface area contributed by atoms with Gasteiger partial charge in [-0.15, -0.1) is 0 Å². The van der Waals surface area contributed by atoms with Crippen molar-refractivity contribution in [3.63, 3.8) is 0 Å². The number of aromatic nitrogens is 4. The summed E-state index contributed by atoms with van der Waals surface area (Å²) in [4.78, 5) is 23.2. The molecule has 0 bridgehead atoms. The minimum atomic E-state index is -0.443. The molecule has 138 valence electrons. The van der Waals surface area contributed by atoms with E-state index in [1.165, 1.54) is 11.8 Å². The molecule has 27 heavy (non-hydrogen) atoms. The van der Waals surface area contributed by atoms with Crippen LogP contribution in [0.2, 0.25) is 0 Å². The standard InChI is InChI=1S/C19H19N5O2S/c1-27-19-22-17(15(12-20)18(25)23-19)14-6-2-3-7-16(14)26-11-5-4-9-24-10-8-21-13-24/h2-3,6-8,10,13H,4-5,9,11H2,1H3,(H,22,23,25). The largest absolute Gasteiger partial charge is 0.493 e. The fourth-order valence-corrected chi connectivity index (χ4v) is 3.01. The molecule has 8 heteroatoms. The van der Waals surface area contributed by atoms with E-state index >= 15 is 0 Å². The number of thioether (sulfide) groups is 1. The fourth-order valence-electron chi connectivity index (χ4n) is 2.63. The van der Waals surface area contributed by atoms with Gasteiger partial charge in [0.15, 0.2) is 5.16 Å². The van der Waals surface area contributed by atoms with E-state index in [0.29, 0.717) is 28.8 Å². The number of imidazole rings is 1. The van der Waals surface area contributed by atoms with Crippen LogP contribution < -0.4 is 10.3 Å². The third kappa shape index (κ3) is 4.57. The van der Waals surface area contributed by atoms with Crippen molar-refractivity contribution in [2.45, 2.75) is 24.5 Å². The second-order valence-electron chi connectivity index (χ2n) is 5.76. The maximum absolute atomic E-state index is 12.2. The fraction of sp³-hybridized carbons (Fsp3) is 0.263. The summed E-state index contributed by atoms with van der Waals surface area (Å²) < 4.78 is 7.96. The van der Waals surface area contributed by atoms with E-state index in [1.807, 2.05) is 47.4 Å². The molecule has 2 heterocycles. The lowest BCUT2D eigenvalue weighted by Gasteiger charge is -2.12. The summed E-state index contributed by atoms with van der Waals surface area (Å²) in [5.41, 5.74) is 0.538. The lowest BCUT2D eigenvalue weighted by Crippen LogP contribution is -2.15.